The molecule has 1 aliphatic rings. The lowest BCUT2D eigenvalue weighted by molar-refractivity contribution is -0.462. The zero-order chi connectivity index (χ0) is 36.3. The van der Waals surface area contributed by atoms with Crippen molar-refractivity contribution in [2.45, 2.75) is 6.92 Å². The molecule has 5 aromatic rings. The molecule has 52 heavy (non-hydrogen) atoms. The van der Waals surface area contributed by atoms with Crippen molar-refractivity contribution in [2.75, 3.05) is 92.2 Å². The number of quaternary nitrogens is 1. The van der Waals surface area contributed by atoms with Crippen molar-refractivity contribution in [3.8, 4) is 0 Å². The third-order valence-electron chi connectivity index (χ3n) is 9.32. The standard InChI is InChI=1S/C26H33N3.C18H21N3.2ClH/c1-27(2)23-14-8-20(9-15-23)26(21-10-16-24(17-11-21)28(3)4)22-12-18-25(19-13-22)29(5,6)7;1-12-15-8-6-13(20(2)3)10-17(15)19-18-11-14(21(4)5)7-9-16(12)18;;/h8-19H,1-7H3;6-11H,1-5H3;2*1H/q+2;;;/p-2. The predicted molar refractivity (Wildman–Crippen MR) is 221 cm³/mol. The molecule has 1 aromatic heterocycles. The number of allylic oxidation sites excluding steroid dienone is 5. The molecule has 1 heterocycles. The molecular formula is C44H54Cl2N6. The second kappa shape index (κ2) is 17.3. The smallest absolute Gasteiger partial charge is 0.199 e. The minimum Gasteiger partial charge on any atom is -1.00 e. The second-order valence-electron chi connectivity index (χ2n) is 14.7. The Morgan fingerprint density at radius 3 is 1.35 bits per heavy atom. The van der Waals surface area contributed by atoms with Gasteiger partial charge in [0.1, 0.15) is 19.8 Å². The Morgan fingerprint density at radius 1 is 0.558 bits per heavy atom. The van der Waals surface area contributed by atoms with Crippen LogP contribution in [0.15, 0.2) is 115 Å². The molecule has 6 rings (SSSR count). The lowest BCUT2D eigenvalue weighted by Crippen LogP contribution is -3.00. The van der Waals surface area contributed by atoms with Crippen LogP contribution in [0.4, 0.5) is 22.7 Å². The van der Waals surface area contributed by atoms with Gasteiger partial charge in [0.25, 0.3) is 0 Å². The first-order valence-electron chi connectivity index (χ1n) is 17.2. The normalized spacial score (nSPS) is 12.1. The highest BCUT2D eigenvalue weighted by atomic mass is 35.5. The first-order chi connectivity index (χ1) is 23.6. The van der Waals surface area contributed by atoms with Gasteiger partial charge in [0.2, 0.25) is 0 Å². The van der Waals surface area contributed by atoms with Crippen LogP contribution in [0, 0.1) is 6.92 Å². The number of pyridine rings is 1. The first-order valence-corrected chi connectivity index (χ1v) is 17.2. The maximum Gasteiger partial charge on any atom is 0.199 e. The molecule has 0 bridgehead atoms. The van der Waals surface area contributed by atoms with Gasteiger partial charge in [-0.05, 0) is 108 Å². The fourth-order valence-corrected chi connectivity index (χ4v) is 6.12. The maximum atomic E-state index is 4.87. The number of aryl methyl sites for hydroxylation is 1. The fraction of sp³-hybridized carbons (Fsp3) is 0.273. The van der Waals surface area contributed by atoms with Gasteiger partial charge in [-0.15, -0.1) is 0 Å². The molecule has 0 saturated heterocycles. The van der Waals surface area contributed by atoms with Crippen LogP contribution in [0.2, 0.25) is 0 Å². The Bertz CT molecular complexity index is 2050. The highest BCUT2D eigenvalue weighted by Crippen LogP contribution is 2.33. The van der Waals surface area contributed by atoms with Gasteiger partial charge in [-0.25, -0.2) is 9.56 Å². The molecule has 1 aliphatic carbocycles. The number of anilines is 3. The van der Waals surface area contributed by atoms with Crippen LogP contribution >= 0.6 is 0 Å². The quantitative estimate of drug-likeness (QED) is 0.152. The molecule has 0 radical (unpaired) electrons. The molecule has 0 fully saturated rings. The summed E-state index contributed by atoms with van der Waals surface area (Å²) in [7, 11) is 23.1. The summed E-state index contributed by atoms with van der Waals surface area (Å²) in [5.41, 5.74) is 14.4. The van der Waals surface area contributed by atoms with Crippen LogP contribution in [-0.2, 0) is 0 Å². The van der Waals surface area contributed by atoms with E-state index in [-0.39, 0.29) is 24.8 Å². The van der Waals surface area contributed by atoms with Gasteiger partial charge in [-0.1, -0.05) is 24.3 Å². The summed E-state index contributed by atoms with van der Waals surface area (Å²) in [6, 6.07) is 30.7. The summed E-state index contributed by atoms with van der Waals surface area (Å²) in [5.74, 6) is 0. The van der Waals surface area contributed by atoms with E-state index in [1.165, 1.54) is 67.1 Å². The van der Waals surface area contributed by atoms with E-state index in [1.54, 1.807) is 0 Å². The molecule has 0 spiro atoms. The van der Waals surface area contributed by atoms with E-state index in [2.05, 4.69) is 213 Å². The molecule has 4 aromatic carbocycles. The van der Waals surface area contributed by atoms with Crippen molar-refractivity contribution in [1.82, 2.24) is 9.47 Å². The minimum atomic E-state index is 0. The lowest BCUT2D eigenvalue weighted by atomic mass is 9.90. The van der Waals surface area contributed by atoms with Crippen LogP contribution in [0.5, 0.6) is 0 Å². The van der Waals surface area contributed by atoms with E-state index in [0.29, 0.717) is 0 Å². The minimum absolute atomic E-state index is 0. The molecular weight excluding hydrogens is 683 g/mol. The van der Waals surface area contributed by atoms with Crippen LogP contribution in [0.1, 0.15) is 16.7 Å². The molecule has 0 atom stereocenters. The van der Waals surface area contributed by atoms with E-state index in [9.17, 15) is 0 Å². The fourth-order valence-electron chi connectivity index (χ4n) is 6.12. The topological polar surface area (TPSA) is 25.6 Å². The van der Waals surface area contributed by atoms with Crippen molar-refractivity contribution in [1.29, 1.82) is 0 Å². The Balaban J connectivity index is 0.000000282. The molecule has 8 heteroatoms. The summed E-state index contributed by atoms with van der Waals surface area (Å²) in [4.78, 5) is 11.2. The highest BCUT2D eigenvalue weighted by Gasteiger charge is 2.16. The van der Waals surface area contributed by atoms with Crippen LogP contribution in [0.25, 0.3) is 27.4 Å². The molecule has 0 amide bonds. The monoisotopic (exact) mass is 736 g/mol. The number of fused-ring (bicyclic) bond motifs is 2. The first kappa shape index (κ1) is 41.8. The SMILES string of the molecule is CN(C)c1ccc(C(=C2C=CC(=[N+](C)C)C=C2)c2ccc([N+](C)(C)C)cc2)cc1.Cc1c2ccc(N(C)C)cc2nc2cc(N(C)C)ccc12.[Cl-].[Cl-]. The third kappa shape index (κ3) is 9.43. The van der Waals surface area contributed by atoms with E-state index in [1.807, 2.05) is 0 Å². The Labute approximate surface area is 324 Å². The predicted octanol–water partition coefficient (Wildman–Crippen LogP) is 2.43. The highest BCUT2D eigenvalue weighted by molar-refractivity contribution is 6.04. The number of halogens is 2. The van der Waals surface area contributed by atoms with Crippen molar-refractivity contribution >= 4 is 55.8 Å². The van der Waals surface area contributed by atoms with E-state index in [4.69, 9.17) is 4.98 Å². The zero-order valence-corrected chi connectivity index (χ0v) is 34.3. The average molecular weight is 738 g/mol. The Hall–Kier alpha value is -4.62. The van der Waals surface area contributed by atoms with Gasteiger partial charge in [-0.2, -0.15) is 0 Å². The van der Waals surface area contributed by atoms with Crippen molar-refractivity contribution in [3.63, 3.8) is 0 Å². The summed E-state index contributed by atoms with van der Waals surface area (Å²) >= 11 is 0. The molecule has 0 unspecified atom stereocenters. The van der Waals surface area contributed by atoms with Gasteiger partial charge in [0.05, 0.1) is 32.2 Å². The number of benzene rings is 4. The van der Waals surface area contributed by atoms with Gasteiger partial charge in [0, 0.05) is 82.3 Å². The zero-order valence-electron chi connectivity index (χ0n) is 32.8. The molecule has 0 aliphatic heterocycles. The number of aromatic nitrogens is 1. The summed E-state index contributed by atoms with van der Waals surface area (Å²) in [6.45, 7) is 2.18. The van der Waals surface area contributed by atoms with Crippen LogP contribution in [0.3, 0.4) is 0 Å². The van der Waals surface area contributed by atoms with Crippen molar-refractivity contribution < 1.29 is 29.4 Å². The second-order valence-corrected chi connectivity index (χ2v) is 14.7. The lowest BCUT2D eigenvalue weighted by Gasteiger charge is -2.24. The number of hydrogen-bond acceptors (Lipinski definition) is 4. The molecule has 274 valence electrons. The van der Waals surface area contributed by atoms with Gasteiger partial charge >= 0.3 is 0 Å². The summed E-state index contributed by atoms with van der Waals surface area (Å²) < 4.78 is 2.94. The average Bonchev–Trinajstić information content (AvgIpc) is 3.08. The van der Waals surface area contributed by atoms with Gasteiger partial charge < -0.3 is 39.5 Å². The van der Waals surface area contributed by atoms with E-state index >= 15 is 0 Å². The van der Waals surface area contributed by atoms with E-state index < -0.39 is 0 Å². The summed E-state index contributed by atoms with van der Waals surface area (Å²) in [6.07, 6.45) is 8.81. The number of hydrogen-bond donors (Lipinski definition) is 0. The largest absolute Gasteiger partial charge is 1.00 e. The van der Waals surface area contributed by atoms with Gasteiger partial charge in [0.15, 0.2) is 5.71 Å². The maximum absolute atomic E-state index is 4.87. The van der Waals surface area contributed by atoms with Crippen LogP contribution in [-0.4, -0.2) is 92.8 Å². The van der Waals surface area contributed by atoms with E-state index in [0.717, 1.165) is 15.5 Å². The Kier molecular flexibility index (Phi) is 13.9. The van der Waals surface area contributed by atoms with Crippen molar-refractivity contribution in [2.24, 2.45) is 0 Å². The molecule has 0 saturated carbocycles. The number of nitrogens with zero attached hydrogens (tertiary/aromatic N) is 6. The molecule has 6 nitrogen and oxygen atoms in total. The summed E-state index contributed by atoms with van der Waals surface area (Å²) in [5, 5.41) is 2.46. The van der Waals surface area contributed by atoms with Crippen molar-refractivity contribution in [3.05, 3.63) is 131 Å². The Morgan fingerprint density at radius 2 is 0.962 bits per heavy atom. The third-order valence-corrected chi connectivity index (χ3v) is 9.32. The van der Waals surface area contributed by atoms with Crippen LogP contribution < -0.4 is 44.0 Å². The number of rotatable bonds is 6. The van der Waals surface area contributed by atoms with Gasteiger partial charge in [-0.3, -0.25) is 4.48 Å². The molecule has 0 N–H and O–H groups in total.